The van der Waals surface area contributed by atoms with Crippen molar-refractivity contribution in [2.45, 2.75) is 38.1 Å². The minimum absolute atomic E-state index is 0.0437. The van der Waals surface area contributed by atoms with Crippen LogP contribution in [0.15, 0.2) is 0 Å². The van der Waals surface area contributed by atoms with E-state index >= 15 is 0 Å². The lowest BCUT2D eigenvalue weighted by Crippen LogP contribution is -2.41. The molecule has 0 aliphatic heterocycles. The van der Waals surface area contributed by atoms with Gasteiger partial charge >= 0.3 is 0 Å². The summed E-state index contributed by atoms with van der Waals surface area (Å²) < 4.78 is 0. The van der Waals surface area contributed by atoms with Crippen LogP contribution in [0, 0.1) is 5.92 Å². The van der Waals surface area contributed by atoms with Gasteiger partial charge in [-0.3, -0.25) is 9.59 Å². The Kier molecular flexibility index (Phi) is 2.70. The van der Waals surface area contributed by atoms with Crippen molar-refractivity contribution in [3.63, 3.8) is 0 Å². The third-order valence-electron chi connectivity index (χ3n) is 2.84. The average Bonchev–Trinajstić information content (AvgIpc) is 2.81. The van der Waals surface area contributed by atoms with E-state index in [4.69, 9.17) is 0 Å². The summed E-state index contributed by atoms with van der Waals surface area (Å²) in [6.45, 7) is 0.145. The first-order valence-electron chi connectivity index (χ1n) is 5.33. The molecule has 78 valence electrons. The summed E-state index contributed by atoms with van der Waals surface area (Å²) in [5, 5.41) is 5.50. The highest BCUT2D eigenvalue weighted by Gasteiger charge is 2.26. The molecule has 2 aliphatic carbocycles. The molecule has 0 aromatic rings. The second-order valence-corrected chi connectivity index (χ2v) is 4.19. The third-order valence-corrected chi connectivity index (χ3v) is 2.84. The number of carbonyl (C=O) groups excluding carboxylic acids is 2. The first kappa shape index (κ1) is 9.49. The predicted octanol–water partition coefficient (Wildman–Crippen LogP) is 0.181. The minimum Gasteiger partial charge on any atom is -0.352 e. The molecule has 4 nitrogen and oxygen atoms in total. The van der Waals surface area contributed by atoms with Crippen LogP contribution in [0.5, 0.6) is 0 Å². The van der Waals surface area contributed by atoms with Gasteiger partial charge in [-0.1, -0.05) is 6.42 Å². The highest BCUT2D eigenvalue weighted by molar-refractivity contribution is 5.86. The van der Waals surface area contributed by atoms with Crippen molar-refractivity contribution in [3.8, 4) is 0 Å². The molecule has 2 fully saturated rings. The molecule has 0 aromatic carbocycles. The van der Waals surface area contributed by atoms with Gasteiger partial charge < -0.3 is 10.6 Å². The fourth-order valence-corrected chi connectivity index (χ4v) is 1.49. The smallest absolute Gasteiger partial charge is 0.239 e. The topological polar surface area (TPSA) is 58.2 Å². The third kappa shape index (κ3) is 2.47. The second-order valence-electron chi connectivity index (χ2n) is 4.19. The molecule has 14 heavy (non-hydrogen) atoms. The fraction of sp³-hybridized carbons (Fsp3) is 0.800. The van der Waals surface area contributed by atoms with Crippen LogP contribution in [-0.2, 0) is 9.59 Å². The van der Waals surface area contributed by atoms with Crippen LogP contribution in [0.1, 0.15) is 32.1 Å². The van der Waals surface area contributed by atoms with E-state index in [1.54, 1.807) is 0 Å². The lowest BCUT2D eigenvalue weighted by atomic mass is 9.85. The van der Waals surface area contributed by atoms with E-state index in [9.17, 15) is 9.59 Å². The molecule has 0 heterocycles. The summed E-state index contributed by atoms with van der Waals surface area (Å²) in [6, 6.07) is 0.378. The molecule has 0 spiro atoms. The van der Waals surface area contributed by atoms with E-state index in [2.05, 4.69) is 10.6 Å². The predicted molar refractivity (Wildman–Crippen MR) is 51.5 cm³/mol. The molecule has 0 unspecified atom stereocenters. The van der Waals surface area contributed by atoms with Crippen LogP contribution in [0.25, 0.3) is 0 Å². The van der Waals surface area contributed by atoms with E-state index < -0.39 is 0 Å². The lowest BCUT2D eigenvalue weighted by molar-refractivity contribution is -0.130. The molecule has 0 saturated heterocycles. The summed E-state index contributed by atoms with van der Waals surface area (Å²) in [4.78, 5) is 22.5. The standard InChI is InChI=1S/C10H16N2O2/c13-9(12-8-4-5-8)6-11-10(14)7-2-1-3-7/h7-8H,1-6H2,(H,11,14)(H,12,13). The Morgan fingerprint density at radius 1 is 1.14 bits per heavy atom. The van der Waals surface area contributed by atoms with E-state index in [1.165, 1.54) is 0 Å². The average molecular weight is 196 g/mol. The van der Waals surface area contributed by atoms with Crippen LogP contribution in [0.4, 0.5) is 0 Å². The van der Waals surface area contributed by atoms with Gasteiger partial charge in [0.15, 0.2) is 0 Å². The largest absolute Gasteiger partial charge is 0.352 e. The highest BCUT2D eigenvalue weighted by Crippen LogP contribution is 2.26. The second kappa shape index (κ2) is 3.98. The Bertz CT molecular complexity index is 245. The molecule has 4 heteroatoms. The Labute approximate surface area is 83.4 Å². The summed E-state index contributed by atoms with van der Waals surface area (Å²) in [7, 11) is 0. The van der Waals surface area contributed by atoms with Gasteiger partial charge in [0, 0.05) is 12.0 Å². The Balaban J connectivity index is 1.60. The van der Waals surface area contributed by atoms with E-state index in [0.717, 1.165) is 32.1 Å². The van der Waals surface area contributed by atoms with Gasteiger partial charge in [-0.15, -0.1) is 0 Å². The Morgan fingerprint density at radius 2 is 1.86 bits per heavy atom. The number of hydrogen-bond donors (Lipinski definition) is 2. The highest BCUT2D eigenvalue weighted by atomic mass is 16.2. The number of carbonyl (C=O) groups is 2. The van der Waals surface area contributed by atoms with Gasteiger partial charge in [-0.05, 0) is 25.7 Å². The maximum Gasteiger partial charge on any atom is 0.239 e. The number of nitrogens with one attached hydrogen (secondary N) is 2. The van der Waals surface area contributed by atoms with Crippen LogP contribution >= 0.6 is 0 Å². The molecule has 0 atom stereocenters. The molecule has 0 bridgehead atoms. The molecular weight excluding hydrogens is 180 g/mol. The van der Waals surface area contributed by atoms with Gasteiger partial charge in [-0.2, -0.15) is 0 Å². The van der Waals surface area contributed by atoms with Crippen molar-refractivity contribution in [1.82, 2.24) is 10.6 Å². The molecule has 2 rings (SSSR count). The van der Waals surface area contributed by atoms with Crippen LogP contribution in [0.3, 0.4) is 0 Å². The summed E-state index contributed by atoms with van der Waals surface area (Å²) >= 11 is 0. The molecule has 2 saturated carbocycles. The van der Waals surface area contributed by atoms with Gasteiger partial charge in [0.2, 0.25) is 11.8 Å². The van der Waals surface area contributed by atoms with Crippen LogP contribution < -0.4 is 10.6 Å². The van der Waals surface area contributed by atoms with Crippen molar-refractivity contribution in [3.05, 3.63) is 0 Å². The SMILES string of the molecule is O=C(CNC(=O)C1CCC1)NC1CC1. The first-order chi connectivity index (χ1) is 6.75. The number of hydrogen-bond acceptors (Lipinski definition) is 2. The van der Waals surface area contributed by atoms with E-state index in [-0.39, 0.29) is 24.3 Å². The number of amides is 2. The van der Waals surface area contributed by atoms with Crippen LogP contribution in [0.2, 0.25) is 0 Å². The zero-order valence-corrected chi connectivity index (χ0v) is 8.21. The fourth-order valence-electron chi connectivity index (χ4n) is 1.49. The van der Waals surface area contributed by atoms with Crippen molar-refractivity contribution in [2.24, 2.45) is 5.92 Å². The van der Waals surface area contributed by atoms with Gasteiger partial charge in [0.25, 0.3) is 0 Å². The van der Waals surface area contributed by atoms with Crippen molar-refractivity contribution < 1.29 is 9.59 Å². The quantitative estimate of drug-likeness (QED) is 0.674. The Morgan fingerprint density at radius 3 is 2.36 bits per heavy atom. The monoisotopic (exact) mass is 196 g/mol. The molecule has 2 aliphatic rings. The molecule has 0 aromatic heterocycles. The maximum absolute atomic E-state index is 11.3. The number of rotatable bonds is 4. The summed E-state index contributed by atoms with van der Waals surface area (Å²) in [6.07, 6.45) is 5.28. The maximum atomic E-state index is 11.3. The molecule has 2 amide bonds. The molecule has 0 radical (unpaired) electrons. The zero-order valence-electron chi connectivity index (χ0n) is 8.21. The normalized spacial score (nSPS) is 21.1. The van der Waals surface area contributed by atoms with Crippen molar-refractivity contribution in [1.29, 1.82) is 0 Å². The van der Waals surface area contributed by atoms with Crippen LogP contribution in [-0.4, -0.2) is 24.4 Å². The van der Waals surface area contributed by atoms with E-state index in [1.807, 2.05) is 0 Å². The van der Waals surface area contributed by atoms with E-state index in [0.29, 0.717) is 6.04 Å². The zero-order chi connectivity index (χ0) is 9.97. The van der Waals surface area contributed by atoms with Gasteiger partial charge in [0.1, 0.15) is 0 Å². The Hall–Kier alpha value is -1.06. The molecule has 2 N–H and O–H groups in total. The van der Waals surface area contributed by atoms with Gasteiger partial charge in [0.05, 0.1) is 6.54 Å². The van der Waals surface area contributed by atoms with Gasteiger partial charge in [-0.25, -0.2) is 0 Å². The minimum atomic E-state index is -0.0554. The van der Waals surface area contributed by atoms with Crippen molar-refractivity contribution in [2.75, 3.05) is 6.54 Å². The summed E-state index contributed by atoms with van der Waals surface area (Å²) in [5.74, 6) is 0.158. The lowest BCUT2D eigenvalue weighted by Gasteiger charge is -2.23. The van der Waals surface area contributed by atoms with Crippen molar-refractivity contribution >= 4 is 11.8 Å². The summed E-state index contributed by atoms with van der Waals surface area (Å²) in [5.41, 5.74) is 0. The first-order valence-corrected chi connectivity index (χ1v) is 5.33. The molecular formula is C10H16N2O2.